The summed E-state index contributed by atoms with van der Waals surface area (Å²) in [4.78, 5) is 22.9. The lowest BCUT2D eigenvalue weighted by atomic mass is 10.0. The van der Waals surface area contributed by atoms with Gasteiger partial charge in [-0.1, -0.05) is 12.1 Å². The van der Waals surface area contributed by atoms with Crippen molar-refractivity contribution in [2.45, 2.75) is 25.8 Å². The molecule has 1 aliphatic rings. The second-order valence-corrected chi connectivity index (χ2v) is 5.47. The minimum Gasteiger partial charge on any atom is -0.497 e. The number of hydrogen-bond donors (Lipinski definition) is 0. The van der Waals surface area contributed by atoms with Gasteiger partial charge in [-0.05, 0) is 37.5 Å². The molecule has 0 saturated carbocycles. The highest BCUT2D eigenvalue weighted by Crippen LogP contribution is 2.33. The molecule has 1 unspecified atom stereocenters. The van der Waals surface area contributed by atoms with Gasteiger partial charge in [-0.15, -0.1) is 0 Å². The lowest BCUT2D eigenvalue weighted by Crippen LogP contribution is -2.31. The van der Waals surface area contributed by atoms with Crippen molar-refractivity contribution in [2.24, 2.45) is 0 Å². The van der Waals surface area contributed by atoms with Crippen LogP contribution in [0.15, 0.2) is 36.7 Å². The summed E-state index contributed by atoms with van der Waals surface area (Å²) in [5.74, 6) is 0.773. The van der Waals surface area contributed by atoms with Crippen LogP contribution in [0, 0.1) is 6.92 Å². The number of amides is 1. The molecule has 1 aliphatic heterocycles. The van der Waals surface area contributed by atoms with Crippen molar-refractivity contribution in [3.8, 4) is 5.75 Å². The first-order chi connectivity index (χ1) is 10.7. The largest absolute Gasteiger partial charge is 0.497 e. The van der Waals surface area contributed by atoms with Crippen LogP contribution in [-0.4, -0.2) is 34.4 Å². The molecule has 0 aliphatic carbocycles. The fourth-order valence-corrected chi connectivity index (χ4v) is 2.83. The Balaban J connectivity index is 1.82. The van der Waals surface area contributed by atoms with E-state index in [2.05, 4.69) is 9.97 Å². The molecule has 0 N–H and O–H groups in total. The molecule has 1 aromatic carbocycles. The van der Waals surface area contributed by atoms with Gasteiger partial charge in [0.15, 0.2) is 0 Å². The summed E-state index contributed by atoms with van der Waals surface area (Å²) in [5, 5.41) is 0. The second kappa shape index (κ2) is 6.13. The molecule has 3 rings (SSSR count). The molecule has 2 heterocycles. The van der Waals surface area contributed by atoms with E-state index in [1.54, 1.807) is 19.5 Å². The van der Waals surface area contributed by atoms with E-state index in [-0.39, 0.29) is 11.9 Å². The van der Waals surface area contributed by atoms with E-state index < -0.39 is 0 Å². The molecule has 1 aromatic heterocycles. The molecule has 0 spiro atoms. The van der Waals surface area contributed by atoms with Gasteiger partial charge in [0.25, 0.3) is 5.91 Å². The predicted octanol–water partition coefficient (Wildman–Crippen LogP) is 2.77. The first-order valence-electron chi connectivity index (χ1n) is 7.42. The molecular weight excluding hydrogens is 278 g/mol. The maximum absolute atomic E-state index is 12.7. The fraction of sp³-hybridized carbons (Fsp3) is 0.353. The van der Waals surface area contributed by atoms with E-state index in [0.717, 1.165) is 36.4 Å². The van der Waals surface area contributed by atoms with Crippen LogP contribution in [0.3, 0.4) is 0 Å². The Kier molecular flexibility index (Phi) is 4.04. The molecule has 2 aromatic rings. The molecule has 0 bridgehead atoms. The Hall–Kier alpha value is -2.43. The Bertz CT molecular complexity index is 653. The highest BCUT2D eigenvalue weighted by molar-refractivity contribution is 5.92. The zero-order chi connectivity index (χ0) is 15.5. The van der Waals surface area contributed by atoms with Crippen LogP contribution in [-0.2, 0) is 0 Å². The number of aryl methyl sites for hydroxylation is 1. The van der Waals surface area contributed by atoms with Gasteiger partial charge in [0.1, 0.15) is 11.4 Å². The minimum absolute atomic E-state index is 0.0502. The third kappa shape index (κ3) is 2.79. The van der Waals surface area contributed by atoms with Crippen LogP contribution in [0.25, 0.3) is 0 Å². The molecule has 1 saturated heterocycles. The second-order valence-electron chi connectivity index (χ2n) is 5.47. The van der Waals surface area contributed by atoms with Gasteiger partial charge in [0.2, 0.25) is 0 Å². The maximum Gasteiger partial charge on any atom is 0.274 e. The monoisotopic (exact) mass is 297 g/mol. The van der Waals surface area contributed by atoms with Gasteiger partial charge in [-0.3, -0.25) is 9.78 Å². The van der Waals surface area contributed by atoms with Gasteiger partial charge in [0.05, 0.1) is 25.0 Å². The summed E-state index contributed by atoms with van der Waals surface area (Å²) in [7, 11) is 1.65. The topological polar surface area (TPSA) is 55.3 Å². The van der Waals surface area contributed by atoms with Crippen LogP contribution in [0.5, 0.6) is 5.75 Å². The molecule has 5 nitrogen and oxygen atoms in total. The molecule has 5 heteroatoms. The molecule has 22 heavy (non-hydrogen) atoms. The normalized spacial score (nSPS) is 17.5. The van der Waals surface area contributed by atoms with Gasteiger partial charge >= 0.3 is 0 Å². The first-order valence-corrected chi connectivity index (χ1v) is 7.42. The number of ether oxygens (including phenoxy) is 1. The van der Waals surface area contributed by atoms with E-state index in [1.165, 1.54) is 0 Å². The Morgan fingerprint density at radius 3 is 2.64 bits per heavy atom. The fourth-order valence-electron chi connectivity index (χ4n) is 2.83. The first kappa shape index (κ1) is 14.5. The minimum atomic E-state index is -0.0502. The van der Waals surface area contributed by atoms with Crippen molar-refractivity contribution >= 4 is 5.91 Å². The van der Waals surface area contributed by atoms with Gasteiger partial charge in [0, 0.05) is 12.7 Å². The van der Waals surface area contributed by atoms with Crippen LogP contribution in [0.2, 0.25) is 0 Å². The number of hydrogen-bond acceptors (Lipinski definition) is 4. The third-order valence-electron chi connectivity index (χ3n) is 4.01. The predicted molar refractivity (Wildman–Crippen MR) is 82.8 cm³/mol. The van der Waals surface area contributed by atoms with Gasteiger partial charge in [-0.25, -0.2) is 4.98 Å². The molecule has 114 valence electrons. The zero-order valence-corrected chi connectivity index (χ0v) is 12.8. The average molecular weight is 297 g/mol. The van der Waals surface area contributed by atoms with Crippen molar-refractivity contribution in [3.05, 3.63) is 53.6 Å². The number of likely N-dealkylation sites (tertiary alicyclic amines) is 1. The van der Waals surface area contributed by atoms with Gasteiger partial charge < -0.3 is 9.64 Å². The van der Waals surface area contributed by atoms with E-state index in [1.807, 2.05) is 36.1 Å². The average Bonchev–Trinajstić information content (AvgIpc) is 3.04. The number of carbonyl (C=O) groups is 1. The highest BCUT2D eigenvalue weighted by atomic mass is 16.5. The standard InChI is InChI=1S/C17H19N3O2/c1-12-10-19-15(11-18-12)17(21)20-9-3-4-16(20)13-5-7-14(22-2)8-6-13/h5-8,10-11,16H,3-4,9H2,1-2H3. The van der Waals surface area contributed by atoms with Crippen LogP contribution >= 0.6 is 0 Å². The van der Waals surface area contributed by atoms with Crippen molar-refractivity contribution in [3.63, 3.8) is 0 Å². The Morgan fingerprint density at radius 1 is 1.23 bits per heavy atom. The summed E-state index contributed by atoms with van der Waals surface area (Å²) in [6.07, 6.45) is 5.16. The lowest BCUT2D eigenvalue weighted by Gasteiger charge is -2.24. The van der Waals surface area contributed by atoms with Gasteiger partial charge in [-0.2, -0.15) is 0 Å². The SMILES string of the molecule is COc1ccc(C2CCCN2C(=O)c2cnc(C)cn2)cc1. The van der Waals surface area contributed by atoms with Crippen molar-refractivity contribution in [1.82, 2.24) is 14.9 Å². The molecule has 1 atom stereocenters. The maximum atomic E-state index is 12.7. The van der Waals surface area contributed by atoms with Crippen molar-refractivity contribution < 1.29 is 9.53 Å². The number of carbonyl (C=O) groups excluding carboxylic acids is 1. The Labute approximate surface area is 130 Å². The molecule has 0 radical (unpaired) electrons. The summed E-state index contributed by atoms with van der Waals surface area (Å²) in [6.45, 7) is 2.61. The lowest BCUT2D eigenvalue weighted by molar-refractivity contribution is 0.0729. The van der Waals surface area contributed by atoms with Crippen LogP contribution in [0.4, 0.5) is 0 Å². The number of aromatic nitrogens is 2. The number of methoxy groups -OCH3 is 1. The van der Waals surface area contributed by atoms with E-state index in [0.29, 0.717) is 5.69 Å². The van der Waals surface area contributed by atoms with Crippen molar-refractivity contribution in [1.29, 1.82) is 0 Å². The van der Waals surface area contributed by atoms with Crippen LogP contribution < -0.4 is 4.74 Å². The van der Waals surface area contributed by atoms with Crippen LogP contribution in [0.1, 0.15) is 40.6 Å². The Morgan fingerprint density at radius 2 is 2.00 bits per heavy atom. The smallest absolute Gasteiger partial charge is 0.274 e. The molecule has 1 fully saturated rings. The van der Waals surface area contributed by atoms with E-state index in [4.69, 9.17) is 4.74 Å². The third-order valence-corrected chi connectivity index (χ3v) is 4.01. The number of nitrogens with zero attached hydrogens (tertiary/aromatic N) is 3. The molecule has 1 amide bonds. The quantitative estimate of drug-likeness (QED) is 0.874. The summed E-state index contributed by atoms with van der Waals surface area (Å²) in [6, 6.07) is 8.01. The number of benzene rings is 1. The summed E-state index contributed by atoms with van der Waals surface area (Å²) < 4.78 is 5.19. The summed E-state index contributed by atoms with van der Waals surface area (Å²) >= 11 is 0. The molecular formula is C17H19N3O2. The van der Waals surface area contributed by atoms with E-state index >= 15 is 0 Å². The van der Waals surface area contributed by atoms with E-state index in [9.17, 15) is 4.79 Å². The van der Waals surface area contributed by atoms with Crippen molar-refractivity contribution in [2.75, 3.05) is 13.7 Å². The summed E-state index contributed by atoms with van der Waals surface area (Å²) in [5.41, 5.74) is 2.35. The zero-order valence-electron chi connectivity index (χ0n) is 12.8. The highest BCUT2D eigenvalue weighted by Gasteiger charge is 2.31. The number of rotatable bonds is 3.